The van der Waals surface area contributed by atoms with Crippen LogP contribution in [-0.4, -0.2) is 35.2 Å². The molecule has 2 atom stereocenters. The number of aliphatic carboxylic acids is 1. The lowest BCUT2D eigenvalue weighted by Crippen LogP contribution is -2.33. The maximum absolute atomic E-state index is 12.9. The predicted molar refractivity (Wildman–Crippen MR) is 67.4 cm³/mol. The van der Waals surface area contributed by atoms with Crippen molar-refractivity contribution in [3.8, 4) is 0 Å². The molecule has 9 heteroatoms. The molecule has 1 saturated heterocycles. The van der Waals surface area contributed by atoms with E-state index in [1.807, 2.05) is 0 Å². The Kier molecular flexibility index (Phi) is 4.61. The van der Waals surface area contributed by atoms with Crippen LogP contribution in [0.2, 0.25) is 0 Å². The van der Waals surface area contributed by atoms with Crippen molar-refractivity contribution in [2.45, 2.75) is 18.9 Å². The number of nitrogens with zero attached hydrogens (tertiary/aromatic N) is 1. The lowest BCUT2D eigenvalue weighted by molar-refractivity contribution is -0.188. The predicted octanol–water partition coefficient (Wildman–Crippen LogP) is 3.40. The highest BCUT2D eigenvalue weighted by molar-refractivity contribution is 5.71. The molecule has 0 bridgehead atoms. The van der Waals surface area contributed by atoms with Crippen LogP contribution in [0.15, 0.2) is 24.3 Å². The highest BCUT2D eigenvalue weighted by Gasteiger charge is 2.52. The number of likely N-dealkylation sites (tertiary alicyclic amines) is 1. The van der Waals surface area contributed by atoms with Gasteiger partial charge in [0.15, 0.2) is 0 Å². The number of alkyl halides is 6. The summed E-state index contributed by atoms with van der Waals surface area (Å²) in [5, 5.41) is 8.91. The monoisotopic (exact) mass is 341 g/mol. The minimum Gasteiger partial charge on any atom is -0.481 e. The molecule has 0 unspecified atom stereocenters. The van der Waals surface area contributed by atoms with Gasteiger partial charge >= 0.3 is 18.3 Å². The minimum atomic E-state index is -4.66. The number of hydrogen-bond donors (Lipinski definition) is 1. The zero-order valence-electron chi connectivity index (χ0n) is 11.7. The fourth-order valence-electron chi connectivity index (χ4n) is 2.70. The van der Waals surface area contributed by atoms with E-state index in [-0.39, 0.29) is 18.7 Å². The average molecular weight is 341 g/mol. The summed E-state index contributed by atoms with van der Waals surface area (Å²) in [5.41, 5.74) is -0.705. The van der Waals surface area contributed by atoms with Gasteiger partial charge < -0.3 is 5.11 Å². The molecular weight excluding hydrogens is 328 g/mol. The molecule has 1 fully saturated rings. The Hall–Kier alpha value is -1.77. The summed E-state index contributed by atoms with van der Waals surface area (Å²) < 4.78 is 76.5. The highest BCUT2D eigenvalue weighted by atomic mass is 19.4. The number of carbonyl (C=O) groups is 1. The lowest BCUT2D eigenvalue weighted by Gasteiger charge is -2.18. The second-order valence-corrected chi connectivity index (χ2v) is 5.49. The number of rotatable bonds is 3. The van der Waals surface area contributed by atoms with Crippen molar-refractivity contribution in [3.05, 3.63) is 35.4 Å². The summed E-state index contributed by atoms with van der Waals surface area (Å²) in [6.07, 6.45) is -9.20. The first-order valence-electron chi connectivity index (χ1n) is 6.66. The van der Waals surface area contributed by atoms with Crippen LogP contribution < -0.4 is 0 Å². The third-order valence-electron chi connectivity index (χ3n) is 3.79. The van der Waals surface area contributed by atoms with Gasteiger partial charge in [-0.3, -0.25) is 9.69 Å². The lowest BCUT2D eigenvalue weighted by atomic mass is 9.96. The van der Waals surface area contributed by atoms with Crippen molar-refractivity contribution < 1.29 is 36.2 Å². The van der Waals surface area contributed by atoms with Gasteiger partial charge in [-0.25, -0.2) is 0 Å². The maximum Gasteiger partial charge on any atom is 0.416 e. The first-order valence-corrected chi connectivity index (χ1v) is 6.66. The Balaban J connectivity index is 2.14. The number of carboxylic acids is 1. The third-order valence-corrected chi connectivity index (χ3v) is 3.79. The molecule has 0 radical (unpaired) electrons. The fraction of sp³-hybridized carbons (Fsp3) is 0.500. The standard InChI is InChI=1S/C14H13F6NO2/c15-13(16,17)9-3-1-2-8(4-9)5-21-6-10(12(22)23)11(7-21)14(18,19)20/h1-4,10-11H,5-7H2,(H,22,23)/t10-,11-/m1/s1. The molecule has 0 aromatic heterocycles. The van der Waals surface area contributed by atoms with E-state index in [2.05, 4.69) is 0 Å². The highest BCUT2D eigenvalue weighted by Crippen LogP contribution is 2.38. The number of benzene rings is 1. The van der Waals surface area contributed by atoms with E-state index in [0.717, 1.165) is 12.1 Å². The molecule has 0 spiro atoms. The molecule has 3 nitrogen and oxygen atoms in total. The Morgan fingerprint density at radius 3 is 2.30 bits per heavy atom. The third kappa shape index (κ3) is 4.15. The van der Waals surface area contributed by atoms with Crippen LogP contribution in [0, 0.1) is 11.8 Å². The molecule has 1 heterocycles. The van der Waals surface area contributed by atoms with Crippen molar-refractivity contribution in [3.63, 3.8) is 0 Å². The van der Waals surface area contributed by atoms with Gasteiger partial charge in [0.05, 0.1) is 17.4 Å². The van der Waals surface area contributed by atoms with Crippen molar-refractivity contribution in [1.29, 1.82) is 0 Å². The minimum absolute atomic E-state index is 0.166. The maximum atomic E-state index is 12.9. The van der Waals surface area contributed by atoms with Gasteiger partial charge in [-0.1, -0.05) is 18.2 Å². The second kappa shape index (κ2) is 6.03. The van der Waals surface area contributed by atoms with Crippen molar-refractivity contribution in [1.82, 2.24) is 4.90 Å². The van der Waals surface area contributed by atoms with Crippen LogP contribution in [0.25, 0.3) is 0 Å². The van der Waals surface area contributed by atoms with Gasteiger partial charge in [-0.2, -0.15) is 26.3 Å². The molecule has 0 amide bonds. The van der Waals surface area contributed by atoms with Crippen molar-refractivity contribution in [2.75, 3.05) is 13.1 Å². The first kappa shape index (κ1) is 17.6. The van der Waals surface area contributed by atoms with E-state index < -0.39 is 42.3 Å². The van der Waals surface area contributed by atoms with E-state index in [1.165, 1.54) is 17.0 Å². The van der Waals surface area contributed by atoms with Crippen LogP contribution in [0.5, 0.6) is 0 Å². The van der Waals surface area contributed by atoms with E-state index in [4.69, 9.17) is 5.11 Å². The van der Waals surface area contributed by atoms with E-state index >= 15 is 0 Å². The largest absolute Gasteiger partial charge is 0.481 e. The zero-order chi connectivity index (χ0) is 17.4. The molecule has 1 aliphatic heterocycles. The summed E-state index contributed by atoms with van der Waals surface area (Å²) in [7, 11) is 0. The Labute approximate surface area is 127 Å². The molecule has 0 saturated carbocycles. The number of hydrogen-bond acceptors (Lipinski definition) is 2. The van der Waals surface area contributed by atoms with Crippen LogP contribution in [-0.2, 0) is 17.5 Å². The Morgan fingerprint density at radius 2 is 1.83 bits per heavy atom. The average Bonchev–Trinajstić information content (AvgIpc) is 2.82. The van der Waals surface area contributed by atoms with Gasteiger partial charge in [-0.05, 0) is 11.6 Å². The van der Waals surface area contributed by atoms with Gasteiger partial charge in [0.1, 0.15) is 0 Å². The van der Waals surface area contributed by atoms with E-state index in [0.29, 0.717) is 0 Å². The molecule has 1 aromatic rings. The zero-order valence-corrected chi connectivity index (χ0v) is 11.7. The topological polar surface area (TPSA) is 40.5 Å². The van der Waals surface area contributed by atoms with Crippen LogP contribution in [0.1, 0.15) is 11.1 Å². The van der Waals surface area contributed by atoms with Crippen molar-refractivity contribution >= 4 is 5.97 Å². The van der Waals surface area contributed by atoms with E-state index in [1.54, 1.807) is 0 Å². The van der Waals surface area contributed by atoms with Gasteiger partial charge in [0.2, 0.25) is 0 Å². The van der Waals surface area contributed by atoms with Gasteiger partial charge in [0, 0.05) is 19.6 Å². The SMILES string of the molecule is O=C(O)[C@@H]1CN(Cc2cccc(C(F)(F)F)c2)C[C@H]1C(F)(F)F. The van der Waals surface area contributed by atoms with Crippen LogP contribution >= 0.6 is 0 Å². The molecule has 1 aromatic carbocycles. The second-order valence-electron chi connectivity index (χ2n) is 5.49. The summed E-state index contributed by atoms with van der Waals surface area (Å²) in [6.45, 7) is -1.06. The Bertz CT molecular complexity index is 583. The molecular formula is C14H13F6NO2. The molecule has 1 aliphatic rings. The first-order chi connectivity index (χ1) is 10.5. The van der Waals surface area contributed by atoms with E-state index in [9.17, 15) is 31.1 Å². The molecule has 1 N–H and O–H groups in total. The summed E-state index contributed by atoms with van der Waals surface area (Å²) >= 11 is 0. The van der Waals surface area contributed by atoms with Crippen LogP contribution in [0.4, 0.5) is 26.3 Å². The van der Waals surface area contributed by atoms with Gasteiger partial charge in [0.25, 0.3) is 0 Å². The normalized spacial score (nSPS) is 23.2. The van der Waals surface area contributed by atoms with Crippen LogP contribution in [0.3, 0.4) is 0 Å². The number of halogens is 6. The molecule has 23 heavy (non-hydrogen) atoms. The quantitative estimate of drug-likeness (QED) is 0.857. The fourth-order valence-corrected chi connectivity index (χ4v) is 2.70. The summed E-state index contributed by atoms with van der Waals surface area (Å²) in [5.74, 6) is -5.19. The molecule has 0 aliphatic carbocycles. The number of carboxylic acid groups (broad SMARTS) is 1. The summed E-state index contributed by atoms with van der Waals surface area (Å²) in [6, 6.07) is 4.26. The Morgan fingerprint density at radius 1 is 1.17 bits per heavy atom. The molecule has 128 valence electrons. The van der Waals surface area contributed by atoms with Crippen molar-refractivity contribution in [2.24, 2.45) is 11.8 Å². The smallest absolute Gasteiger partial charge is 0.416 e. The van der Waals surface area contributed by atoms with Gasteiger partial charge in [-0.15, -0.1) is 0 Å². The summed E-state index contributed by atoms with van der Waals surface area (Å²) in [4.78, 5) is 12.2. The molecule has 2 rings (SSSR count).